The van der Waals surface area contributed by atoms with E-state index in [0.29, 0.717) is 6.54 Å². The van der Waals surface area contributed by atoms with Gasteiger partial charge in [-0.1, -0.05) is 35.7 Å². The number of rotatable bonds is 2. The zero-order chi connectivity index (χ0) is 10.7. The maximum absolute atomic E-state index is 5.22. The van der Waals surface area contributed by atoms with Crippen molar-refractivity contribution in [1.29, 1.82) is 0 Å². The van der Waals surface area contributed by atoms with Gasteiger partial charge in [0.15, 0.2) is 0 Å². The maximum atomic E-state index is 5.22. The Balaban J connectivity index is 2.30. The number of aryl methyl sites for hydroxylation is 1. The first kappa shape index (κ1) is 9.54. The van der Waals surface area contributed by atoms with E-state index in [0.717, 1.165) is 5.56 Å². The lowest BCUT2D eigenvalue weighted by Gasteiger charge is -1.97. The molecule has 0 aliphatic carbocycles. The molecule has 0 amide bonds. The van der Waals surface area contributed by atoms with Crippen LogP contribution >= 0.6 is 0 Å². The lowest BCUT2D eigenvalue weighted by Crippen LogP contribution is -1.93. The Kier molecular flexibility index (Phi) is 2.55. The van der Waals surface area contributed by atoms with E-state index in [1.54, 1.807) is 4.68 Å². The molecule has 1 heterocycles. The molecule has 2 nitrogen and oxygen atoms in total. The largest absolute Gasteiger partial charge is 0.260 e. The molecular weight excluding hydrogens is 184 g/mol. The summed E-state index contributed by atoms with van der Waals surface area (Å²) < 4.78 is 1.76. The van der Waals surface area contributed by atoms with E-state index < -0.39 is 0 Å². The molecule has 2 rings (SSSR count). The highest BCUT2D eigenvalue weighted by Gasteiger charge is 2.00. The molecule has 0 radical (unpaired) electrons. The predicted molar refractivity (Wildman–Crippen MR) is 61.2 cm³/mol. The topological polar surface area (TPSA) is 17.8 Å². The molecule has 15 heavy (non-hydrogen) atoms. The van der Waals surface area contributed by atoms with Crippen molar-refractivity contribution in [2.24, 2.45) is 0 Å². The highest BCUT2D eigenvalue weighted by atomic mass is 15.3. The zero-order valence-corrected chi connectivity index (χ0v) is 8.64. The van der Waals surface area contributed by atoms with Crippen LogP contribution < -0.4 is 0 Å². The van der Waals surface area contributed by atoms with Gasteiger partial charge in [-0.05, 0) is 12.5 Å². The van der Waals surface area contributed by atoms with Crippen LogP contribution in [0.15, 0.2) is 36.7 Å². The lowest BCUT2D eigenvalue weighted by molar-refractivity contribution is 0.716. The van der Waals surface area contributed by atoms with Crippen LogP contribution in [-0.4, -0.2) is 9.78 Å². The molecule has 0 spiro atoms. The summed E-state index contributed by atoms with van der Waals surface area (Å²) in [5, 5.41) is 4.18. The van der Waals surface area contributed by atoms with Gasteiger partial charge in [-0.3, -0.25) is 4.68 Å². The van der Waals surface area contributed by atoms with Crippen molar-refractivity contribution in [3.63, 3.8) is 0 Å². The first-order valence-electron chi connectivity index (χ1n) is 4.82. The van der Waals surface area contributed by atoms with Gasteiger partial charge in [-0.25, -0.2) is 0 Å². The third-order valence-electron chi connectivity index (χ3n) is 2.27. The van der Waals surface area contributed by atoms with Crippen LogP contribution in [0.3, 0.4) is 0 Å². The summed E-state index contributed by atoms with van der Waals surface area (Å²) in [6.45, 7) is 2.59. The van der Waals surface area contributed by atoms with Gasteiger partial charge < -0.3 is 0 Å². The van der Waals surface area contributed by atoms with Crippen molar-refractivity contribution in [2.75, 3.05) is 0 Å². The second kappa shape index (κ2) is 4.02. The van der Waals surface area contributed by atoms with Gasteiger partial charge in [-0.2, -0.15) is 5.10 Å². The zero-order valence-electron chi connectivity index (χ0n) is 8.64. The summed E-state index contributed by atoms with van der Waals surface area (Å²) in [6.07, 6.45) is 9.02. The van der Waals surface area contributed by atoms with Crippen molar-refractivity contribution in [1.82, 2.24) is 9.78 Å². The Morgan fingerprint density at radius 3 is 2.67 bits per heavy atom. The van der Waals surface area contributed by atoms with E-state index in [-0.39, 0.29) is 0 Å². The Morgan fingerprint density at radius 2 is 2.00 bits per heavy atom. The second-order valence-corrected chi connectivity index (χ2v) is 3.50. The van der Waals surface area contributed by atoms with Crippen molar-refractivity contribution in [2.45, 2.75) is 13.5 Å². The quantitative estimate of drug-likeness (QED) is 0.675. The van der Waals surface area contributed by atoms with Gasteiger partial charge in [0, 0.05) is 11.8 Å². The molecule has 0 saturated carbocycles. The fraction of sp³-hybridized carbons (Fsp3) is 0.154. The highest BCUT2D eigenvalue weighted by molar-refractivity contribution is 5.61. The minimum Gasteiger partial charge on any atom is -0.260 e. The van der Waals surface area contributed by atoms with Crippen molar-refractivity contribution < 1.29 is 0 Å². The molecule has 0 N–H and O–H groups in total. The van der Waals surface area contributed by atoms with Gasteiger partial charge in [0.1, 0.15) is 6.54 Å². The molecular formula is C13H12N2. The molecule has 1 aromatic heterocycles. The lowest BCUT2D eigenvalue weighted by atomic mass is 10.1. The summed E-state index contributed by atoms with van der Waals surface area (Å²) >= 11 is 0. The van der Waals surface area contributed by atoms with Crippen LogP contribution in [0.5, 0.6) is 0 Å². The third kappa shape index (κ3) is 2.08. The molecule has 1 aromatic carbocycles. The van der Waals surface area contributed by atoms with Crippen molar-refractivity contribution in [3.8, 4) is 23.5 Å². The first-order valence-corrected chi connectivity index (χ1v) is 4.82. The maximum Gasteiger partial charge on any atom is 0.101 e. The number of nitrogens with zero attached hydrogens (tertiary/aromatic N) is 2. The van der Waals surface area contributed by atoms with Crippen LogP contribution in [0.4, 0.5) is 0 Å². The SMILES string of the molecule is C#CCn1cc(-c2ccc(C)cc2)cn1. The average molecular weight is 196 g/mol. The van der Waals surface area contributed by atoms with Gasteiger partial charge in [-0.15, -0.1) is 6.42 Å². The smallest absolute Gasteiger partial charge is 0.101 e. The Labute approximate surface area is 89.6 Å². The van der Waals surface area contributed by atoms with E-state index in [9.17, 15) is 0 Å². The normalized spacial score (nSPS) is 9.87. The summed E-state index contributed by atoms with van der Waals surface area (Å²) in [5.41, 5.74) is 3.53. The molecule has 0 bridgehead atoms. The van der Waals surface area contributed by atoms with E-state index in [2.05, 4.69) is 42.2 Å². The molecule has 0 fully saturated rings. The molecule has 0 atom stereocenters. The summed E-state index contributed by atoms with van der Waals surface area (Å²) in [5.74, 6) is 2.56. The summed E-state index contributed by atoms with van der Waals surface area (Å²) in [4.78, 5) is 0. The van der Waals surface area contributed by atoms with Crippen molar-refractivity contribution in [3.05, 3.63) is 42.2 Å². The number of hydrogen-bond donors (Lipinski definition) is 0. The summed E-state index contributed by atoms with van der Waals surface area (Å²) in [7, 11) is 0. The highest BCUT2D eigenvalue weighted by Crippen LogP contribution is 2.18. The number of terminal acetylenes is 1. The van der Waals surface area contributed by atoms with E-state index in [1.807, 2.05) is 12.4 Å². The fourth-order valence-electron chi connectivity index (χ4n) is 1.44. The fourth-order valence-corrected chi connectivity index (χ4v) is 1.44. The monoisotopic (exact) mass is 196 g/mol. The Bertz CT molecular complexity index is 486. The standard InChI is InChI=1S/C13H12N2/c1-3-8-15-10-13(9-14-15)12-6-4-11(2)5-7-12/h1,4-7,9-10H,8H2,2H3. The van der Waals surface area contributed by atoms with Crippen LogP contribution in [-0.2, 0) is 6.54 Å². The molecule has 0 aliphatic rings. The number of benzene rings is 1. The third-order valence-corrected chi connectivity index (χ3v) is 2.27. The Morgan fingerprint density at radius 1 is 1.27 bits per heavy atom. The predicted octanol–water partition coefficient (Wildman–Crippen LogP) is 2.49. The van der Waals surface area contributed by atoms with Gasteiger partial charge in [0.25, 0.3) is 0 Å². The molecule has 74 valence electrons. The van der Waals surface area contributed by atoms with Crippen LogP contribution in [0.25, 0.3) is 11.1 Å². The minimum atomic E-state index is 0.520. The first-order chi connectivity index (χ1) is 7.29. The summed E-state index contributed by atoms with van der Waals surface area (Å²) in [6, 6.07) is 8.36. The number of hydrogen-bond acceptors (Lipinski definition) is 1. The Hall–Kier alpha value is -2.01. The van der Waals surface area contributed by atoms with Gasteiger partial charge in [0.2, 0.25) is 0 Å². The van der Waals surface area contributed by atoms with Crippen LogP contribution in [0.2, 0.25) is 0 Å². The molecule has 0 aliphatic heterocycles. The average Bonchev–Trinajstić information content (AvgIpc) is 2.68. The molecule has 2 heteroatoms. The van der Waals surface area contributed by atoms with E-state index in [4.69, 9.17) is 6.42 Å². The van der Waals surface area contributed by atoms with Gasteiger partial charge >= 0.3 is 0 Å². The minimum absolute atomic E-state index is 0.520. The van der Waals surface area contributed by atoms with Crippen LogP contribution in [0.1, 0.15) is 5.56 Å². The second-order valence-electron chi connectivity index (χ2n) is 3.50. The molecule has 0 saturated heterocycles. The van der Waals surface area contributed by atoms with Crippen molar-refractivity contribution >= 4 is 0 Å². The van der Waals surface area contributed by atoms with Gasteiger partial charge in [0.05, 0.1) is 6.20 Å². The van der Waals surface area contributed by atoms with E-state index >= 15 is 0 Å². The number of aromatic nitrogens is 2. The van der Waals surface area contributed by atoms with Crippen LogP contribution in [0, 0.1) is 19.3 Å². The van der Waals surface area contributed by atoms with E-state index in [1.165, 1.54) is 11.1 Å². The molecule has 2 aromatic rings. The molecule has 0 unspecified atom stereocenters.